The van der Waals surface area contributed by atoms with Crippen LogP contribution in [0.15, 0.2) is 60.2 Å². The molecule has 0 aliphatic heterocycles. The molecule has 0 bridgehead atoms. The SMILES string of the molecule is CCOc1cc(/C=C(\C#N)C(=O)Nc2cc([N+](=O)[O-])ccc2C)ccc1OCc1c(Cl)cccc1Cl. The number of nitro groups is 1. The van der Waals surface area contributed by atoms with E-state index in [0.29, 0.717) is 44.8 Å². The number of carbonyl (C=O) groups excluding carboxylic acids is 1. The monoisotopic (exact) mass is 525 g/mol. The van der Waals surface area contributed by atoms with Gasteiger partial charge in [-0.2, -0.15) is 5.26 Å². The van der Waals surface area contributed by atoms with Gasteiger partial charge in [-0.05, 0) is 55.3 Å². The molecule has 0 saturated carbocycles. The van der Waals surface area contributed by atoms with Crippen LogP contribution in [0.25, 0.3) is 6.08 Å². The number of rotatable bonds is 9. The van der Waals surface area contributed by atoms with Gasteiger partial charge in [-0.25, -0.2) is 0 Å². The van der Waals surface area contributed by atoms with E-state index in [0.717, 1.165) is 0 Å². The summed E-state index contributed by atoms with van der Waals surface area (Å²) in [6.07, 6.45) is 1.39. The minimum atomic E-state index is -0.701. The second-order valence-electron chi connectivity index (χ2n) is 7.51. The molecule has 184 valence electrons. The van der Waals surface area contributed by atoms with E-state index in [1.165, 1.54) is 24.3 Å². The van der Waals surface area contributed by atoms with Crippen molar-refractivity contribution in [3.63, 3.8) is 0 Å². The summed E-state index contributed by atoms with van der Waals surface area (Å²) in [5.74, 6) is 0.134. The summed E-state index contributed by atoms with van der Waals surface area (Å²) in [6.45, 7) is 3.97. The number of halogens is 2. The molecule has 1 N–H and O–H groups in total. The number of non-ortho nitro benzene ring substituents is 1. The van der Waals surface area contributed by atoms with Gasteiger partial charge >= 0.3 is 0 Å². The van der Waals surface area contributed by atoms with Crippen LogP contribution < -0.4 is 14.8 Å². The van der Waals surface area contributed by atoms with Crippen LogP contribution in [0.3, 0.4) is 0 Å². The molecule has 0 atom stereocenters. The van der Waals surface area contributed by atoms with Gasteiger partial charge in [-0.15, -0.1) is 0 Å². The van der Waals surface area contributed by atoms with Gasteiger partial charge in [0.15, 0.2) is 11.5 Å². The Kier molecular flexibility index (Phi) is 8.90. The Morgan fingerprint density at radius 2 is 1.83 bits per heavy atom. The van der Waals surface area contributed by atoms with Crippen molar-refractivity contribution in [2.24, 2.45) is 0 Å². The lowest BCUT2D eigenvalue weighted by Crippen LogP contribution is -2.14. The maximum absolute atomic E-state index is 12.7. The van der Waals surface area contributed by atoms with E-state index in [-0.39, 0.29) is 23.6 Å². The zero-order valence-corrected chi connectivity index (χ0v) is 20.9. The van der Waals surface area contributed by atoms with Crippen molar-refractivity contribution >= 4 is 46.6 Å². The summed E-state index contributed by atoms with van der Waals surface area (Å²) in [7, 11) is 0. The fraction of sp³-hybridized carbons (Fsp3) is 0.154. The topological polar surface area (TPSA) is 114 Å². The van der Waals surface area contributed by atoms with Gasteiger partial charge in [0.05, 0.1) is 17.2 Å². The Balaban J connectivity index is 1.83. The molecular formula is C26H21Cl2N3O5. The molecule has 3 aromatic carbocycles. The van der Waals surface area contributed by atoms with Crippen molar-refractivity contribution in [3.8, 4) is 17.6 Å². The Bertz CT molecular complexity index is 1360. The Morgan fingerprint density at radius 1 is 1.11 bits per heavy atom. The smallest absolute Gasteiger partial charge is 0.271 e. The normalized spacial score (nSPS) is 10.9. The largest absolute Gasteiger partial charge is 0.490 e. The highest BCUT2D eigenvalue weighted by molar-refractivity contribution is 6.35. The fourth-order valence-corrected chi connectivity index (χ4v) is 3.69. The number of amides is 1. The molecule has 3 aromatic rings. The minimum absolute atomic E-state index is 0.113. The number of nitrogens with one attached hydrogen (secondary N) is 1. The van der Waals surface area contributed by atoms with Crippen LogP contribution in [-0.2, 0) is 11.4 Å². The van der Waals surface area contributed by atoms with Gasteiger partial charge in [0.2, 0.25) is 0 Å². The van der Waals surface area contributed by atoms with Crippen molar-refractivity contribution in [2.75, 3.05) is 11.9 Å². The first kappa shape index (κ1) is 26.5. The lowest BCUT2D eigenvalue weighted by atomic mass is 10.1. The number of nitro benzene ring substituents is 1. The highest BCUT2D eigenvalue weighted by Crippen LogP contribution is 2.32. The van der Waals surface area contributed by atoms with Crippen LogP contribution in [0.1, 0.15) is 23.6 Å². The molecule has 0 unspecified atom stereocenters. The number of nitrogens with zero attached hydrogens (tertiary/aromatic N) is 2. The van der Waals surface area contributed by atoms with Gasteiger partial charge in [-0.3, -0.25) is 14.9 Å². The summed E-state index contributed by atoms with van der Waals surface area (Å²) in [5.41, 5.74) is 1.64. The highest BCUT2D eigenvalue weighted by atomic mass is 35.5. The number of nitriles is 1. The molecule has 0 aliphatic carbocycles. The van der Waals surface area contributed by atoms with Crippen LogP contribution >= 0.6 is 23.2 Å². The molecule has 0 aromatic heterocycles. The molecule has 0 spiro atoms. The number of aryl methyl sites for hydroxylation is 1. The van der Waals surface area contributed by atoms with Crippen molar-refractivity contribution in [3.05, 3.63) is 97.0 Å². The van der Waals surface area contributed by atoms with E-state index in [9.17, 15) is 20.2 Å². The van der Waals surface area contributed by atoms with E-state index in [1.807, 2.05) is 13.0 Å². The molecule has 10 heteroatoms. The third-order valence-electron chi connectivity index (χ3n) is 5.06. The fourth-order valence-electron chi connectivity index (χ4n) is 3.19. The number of ether oxygens (including phenoxy) is 2. The van der Waals surface area contributed by atoms with Gasteiger partial charge in [0.25, 0.3) is 11.6 Å². The standard InChI is InChI=1S/C26H21Cl2N3O5/c1-3-35-25-12-17(8-10-24(25)36-15-20-21(27)5-4-6-22(20)28)11-18(14-29)26(32)30-23-13-19(31(33)34)9-7-16(23)2/h4-13H,3,15H2,1-2H3,(H,30,32)/b18-11+. The molecule has 0 fully saturated rings. The number of carbonyl (C=O) groups is 1. The van der Waals surface area contributed by atoms with Gasteiger partial charge in [0.1, 0.15) is 18.2 Å². The number of hydrogen-bond donors (Lipinski definition) is 1. The average molecular weight is 526 g/mol. The summed E-state index contributed by atoms with van der Waals surface area (Å²) in [6, 6.07) is 16.1. The maximum atomic E-state index is 12.7. The minimum Gasteiger partial charge on any atom is -0.490 e. The third kappa shape index (κ3) is 6.54. The molecule has 0 saturated heterocycles. The van der Waals surface area contributed by atoms with Crippen LogP contribution in [-0.4, -0.2) is 17.4 Å². The summed E-state index contributed by atoms with van der Waals surface area (Å²) in [4.78, 5) is 23.2. The van der Waals surface area contributed by atoms with Crippen LogP contribution in [0.2, 0.25) is 10.0 Å². The zero-order chi connectivity index (χ0) is 26.2. The summed E-state index contributed by atoms with van der Waals surface area (Å²) >= 11 is 12.4. The molecule has 0 radical (unpaired) electrons. The van der Waals surface area contributed by atoms with Crippen LogP contribution in [0.4, 0.5) is 11.4 Å². The second-order valence-corrected chi connectivity index (χ2v) is 8.32. The van der Waals surface area contributed by atoms with Crippen LogP contribution in [0, 0.1) is 28.4 Å². The first-order chi connectivity index (χ1) is 17.2. The average Bonchev–Trinajstić information content (AvgIpc) is 2.84. The van der Waals surface area contributed by atoms with Gasteiger partial charge in [-0.1, -0.05) is 41.4 Å². The molecule has 36 heavy (non-hydrogen) atoms. The van der Waals surface area contributed by atoms with Crippen LogP contribution in [0.5, 0.6) is 11.5 Å². The van der Waals surface area contributed by atoms with Crippen molar-refractivity contribution in [1.82, 2.24) is 0 Å². The predicted molar refractivity (Wildman–Crippen MR) is 138 cm³/mol. The quantitative estimate of drug-likeness (QED) is 0.143. The van der Waals surface area contributed by atoms with E-state index in [1.54, 1.807) is 43.3 Å². The highest BCUT2D eigenvalue weighted by Gasteiger charge is 2.15. The molecule has 3 rings (SSSR count). The number of anilines is 1. The van der Waals surface area contributed by atoms with Crippen molar-refractivity contribution in [2.45, 2.75) is 20.5 Å². The number of benzene rings is 3. The number of hydrogen-bond acceptors (Lipinski definition) is 6. The molecular weight excluding hydrogens is 505 g/mol. The Labute approximate surface area is 217 Å². The zero-order valence-electron chi connectivity index (χ0n) is 19.4. The molecule has 0 heterocycles. The second kappa shape index (κ2) is 12.1. The predicted octanol–water partition coefficient (Wildman–Crippen LogP) is 6.73. The third-order valence-corrected chi connectivity index (χ3v) is 5.77. The first-order valence-electron chi connectivity index (χ1n) is 10.7. The van der Waals surface area contributed by atoms with E-state index in [4.69, 9.17) is 32.7 Å². The summed E-state index contributed by atoms with van der Waals surface area (Å²) < 4.78 is 11.6. The summed E-state index contributed by atoms with van der Waals surface area (Å²) in [5, 5.41) is 24.1. The van der Waals surface area contributed by atoms with Gasteiger partial charge in [0, 0.05) is 27.7 Å². The maximum Gasteiger partial charge on any atom is 0.271 e. The van der Waals surface area contributed by atoms with E-state index >= 15 is 0 Å². The molecule has 1 amide bonds. The van der Waals surface area contributed by atoms with Gasteiger partial charge < -0.3 is 14.8 Å². The lowest BCUT2D eigenvalue weighted by molar-refractivity contribution is -0.384. The van der Waals surface area contributed by atoms with Crippen molar-refractivity contribution in [1.29, 1.82) is 5.26 Å². The lowest BCUT2D eigenvalue weighted by Gasteiger charge is -2.14. The molecule has 8 nitrogen and oxygen atoms in total. The van der Waals surface area contributed by atoms with E-state index in [2.05, 4.69) is 5.32 Å². The Hall–Kier alpha value is -4.06. The Morgan fingerprint density at radius 3 is 2.47 bits per heavy atom. The first-order valence-corrected chi connectivity index (χ1v) is 11.5. The molecule has 0 aliphatic rings. The van der Waals surface area contributed by atoms with Crippen molar-refractivity contribution < 1.29 is 19.2 Å². The van der Waals surface area contributed by atoms with E-state index < -0.39 is 10.8 Å².